The third kappa shape index (κ3) is 3.89. The minimum atomic E-state index is -0.654. The summed E-state index contributed by atoms with van der Waals surface area (Å²) >= 11 is 13.5. The number of rotatable bonds is 4. The van der Waals surface area contributed by atoms with Crippen LogP contribution in [0.25, 0.3) is 0 Å². The largest absolute Gasteiger partial charge is 0.507 e. The van der Waals surface area contributed by atoms with Crippen molar-refractivity contribution >= 4 is 51.7 Å². The Morgan fingerprint density at radius 2 is 2.06 bits per heavy atom. The molecule has 0 atom stereocenters. The molecule has 94 valence electrons. The van der Waals surface area contributed by atoms with Crippen LogP contribution in [0.4, 0.5) is 0 Å². The molecule has 0 aliphatic heterocycles. The van der Waals surface area contributed by atoms with Gasteiger partial charge < -0.3 is 10.4 Å². The normalized spacial score (nSPS) is 11.3. The van der Waals surface area contributed by atoms with E-state index in [1.54, 1.807) is 19.1 Å². The molecule has 0 saturated carbocycles. The zero-order valence-corrected chi connectivity index (χ0v) is 12.8. The van der Waals surface area contributed by atoms with Crippen molar-refractivity contribution in [2.45, 2.75) is 12.5 Å². The number of halogens is 3. The van der Waals surface area contributed by atoms with Gasteiger partial charge in [0.1, 0.15) is 5.75 Å². The molecular formula is C11H12Cl2INO2. The van der Waals surface area contributed by atoms with Crippen LogP contribution in [-0.4, -0.2) is 28.3 Å². The van der Waals surface area contributed by atoms with E-state index in [9.17, 15) is 9.90 Å². The lowest BCUT2D eigenvalue weighted by molar-refractivity contribution is 0.0921. The second-order valence-corrected chi connectivity index (χ2v) is 5.64. The van der Waals surface area contributed by atoms with Gasteiger partial charge in [-0.1, -0.05) is 0 Å². The smallest absolute Gasteiger partial charge is 0.251 e. The van der Waals surface area contributed by atoms with Gasteiger partial charge in [0.05, 0.1) is 9.11 Å². The van der Waals surface area contributed by atoms with Crippen molar-refractivity contribution in [2.75, 3.05) is 11.8 Å². The van der Waals surface area contributed by atoms with Crippen LogP contribution in [0.5, 0.6) is 5.75 Å². The number of benzene rings is 1. The molecule has 6 heteroatoms. The van der Waals surface area contributed by atoms with Crippen LogP contribution in [0.2, 0.25) is 0 Å². The number of phenolic OH excluding ortho intramolecular Hbond substituents is 1. The van der Waals surface area contributed by atoms with Crippen LogP contribution >= 0.6 is 45.8 Å². The lowest BCUT2D eigenvalue weighted by Gasteiger charge is -2.25. The first kappa shape index (κ1) is 14.9. The number of alkyl halides is 2. The molecule has 0 aliphatic rings. The Labute approximate surface area is 124 Å². The van der Waals surface area contributed by atoms with Crippen molar-refractivity contribution < 1.29 is 9.90 Å². The highest BCUT2D eigenvalue weighted by Gasteiger charge is 2.25. The second-order valence-electron chi connectivity index (χ2n) is 3.95. The average molecular weight is 388 g/mol. The third-order valence-corrected chi connectivity index (χ3v) is 4.31. The van der Waals surface area contributed by atoms with Crippen molar-refractivity contribution in [3.63, 3.8) is 0 Å². The van der Waals surface area contributed by atoms with Gasteiger partial charge in [-0.05, 0) is 47.7 Å². The molecular weight excluding hydrogens is 376 g/mol. The number of phenols is 1. The van der Waals surface area contributed by atoms with Crippen LogP contribution < -0.4 is 5.32 Å². The zero-order valence-electron chi connectivity index (χ0n) is 9.14. The summed E-state index contributed by atoms with van der Waals surface area (Å²) in [7, 11) is 0. The maximum Gasteiger partial charge on any atom is 0.251 e. The topological polar surface area (TPSA) is 49.3 Å². The highest BCUT2D eigenvalue weighted by molar-refractivity contribution is 14.1. The summed E-state index contributed by atoms with van der Waals surface area (Å²) in [6.45, 7) is 1.76. The molecule has 1 amide bonds. The molecule has 17 heavy (non-hydrogen) atoms. The number of hydrogen-bond donors (Lipinski definition) is 2. The van der Waals surface area contributed by atoms with E-state index in [1.807, 2.05) is 22.6 Å². The summed E-state index contributed by atoms with van der Waals surface area (Å²) < 4.78 is 0.691. The van der Waals surface area contributed by atoms with Crippen LogP contribution in [0.15, 0.2) is 18.2 Å². The van der Waals surface area contributed by atoms with Gasteiger partial charge in [0.25, 0.3) is 5.91 Å². The molecule has 0 spiro atoms. The van der Waals surface area contributed by atoms with E-state index in [-0.39, 0.29) is 23.4 Å². The van der Waals surface area contributed by atoms with Crippen molar-refractivity contribution in [3.8, 4) is 5.75 Å². The van der Waals surface area contributed by atoms with E-state index in [2.05, 4.69) is 5.32 Å². The van der Waals surface area contributed by atoms with Crippen LogP contribution in [-0.2, 0) is 0 Å². The molecule has 3 nitrogen and oxygen atoms in total. The summed E-state index contributed by atoms with van der Waals surface area (Å²) in [6.07, 6.45) is 0. The van der Waals surface area contributed by atoms with Crippen molar-refractivity contribution in [1.82, 2.24) is 5.32 Å². The van der Waals surface area contributed by atoms with Gasteiger partial charge in [-0.3, -0.25) is 4.79 Å². The minimum absolute atomic E-state index is 0.0803. The highest BCUT2D eigenvalue weighted by Crippen LogP contribution is 2.21. The summed E-state index contributed by atoms with van der Waals surface area (Å²) in [5.74, 6) is 0.217. The number of aromatic hydroxyl groups is 1. The first-order chi connectivity index (χ1) is 7.91. The van der Waals surface area contributed by atoms with Gasteiger partial charge in [0.15, 0.2) is 0 Å². The number of hydrogen-bond acceptors (Lipinski definition) is 2. The maximum absolute atomic E-state index is 11.9. The number of amides is 1. The van der Waals surface area contributed by atoms with Crippen molar-refractivity contribution in [2.24, 2.45) is 0 Å². The zero-order chi connectivity index (χ0) is 13.1. The Bertz CT molecular complexity index is 422. The molecule has 0 bridgehead atoms. The minimum Gasteiger partial charge on any atom is -0.507 e. The molecule has 0 fully saturated rings. The molecule has 0 unspecified atom stereocenters. The highest BCUT2D eigenvalue weighted by atomic mass is 127. The molecule has 1 rings (SSSR count). The SMILES string of the molecule is CC(CCl)(CCl)NC(=O)c1ccc(I)c(O)c1. The number of carbonyl (C=O) groups excluding carboxylic acids is 1. The van der Waals surface area contributed by atoms with Gasteiger partial charge in [0, 0.05) is 17.3 Å². The summed E-state index contributed by atoms with van der Waals surface area (Å²) in [5.41, 5.74) is -0.275. The molecule has 0 radical (unpaired) electrons. The Balaban J connectivity index is 2.86. The molecule has 0 saturated heterocycles. The van der Waals surface area contributed by atoms with E-state index in [0.29, 0.717) is 9.13 Å². The van der Waals surface area contributed by atoms with E-state index in [4.69, 9.17) is 23.2 Å². The number of carbonyl (C=O) groups is 1. The predicted molar refractivity (Wildman–Crippen MR) is 78.1 cm³/mol. The molecule has 1 aromatic carbocycles. The molecule has 1 aromatic rings. The Morgan fingerprint density at radius 1 is 1.47 bits per heavy atom. The lowest BCUT2D eigenvalue weighted by atomic mass is 10.1. The van der Waals surface area contributed by atoms with Crippen LogP contribution in [0.1, 0.15) is 17.3 Å². The summed E-state index contributed by atoms with van der Waals surface area (Å²) in [5, 5.41) is 12.3. The fourth-order valence-electron chi connectivity index (χ4n) is 1.10. The lowest BCUT2D eigenvalue weighted by Crippen LogP contribution is -2.49. The fraction of sp³-hybridized carbons (Fsp3) is 0.364. The fourth-order valence-corrected chi connectivity index (χ4v) is 1.86. The van der Waals surface area contributed by atoms with Gasteiger partial charge in [-0.2, -0.15) is 0 Å². The average Bonchev–Trinajstić information content (AvgIpc) is 2.32. The van der Waals surface area contributed by atoms with E-state index in [1.165, 1.54) is 6.07 Å². The monoisotopic (exact) mass is 387 g/mol. The van der Waals surface area contributed by atoms with Crippen molar-refractivity contribution in [1.29, 1.82) is 0 Å². The Hall–Kier alpha value is -0.200. The van der Waals surface area contributed by atoms with Gasteiger partial charge >= 0.3 is 0 Å². The first-order valence-electron chi connectivity index (χ1n) is 4.85. The third-order valence-electron chi connectivity index (χ3n) is 2.21. The second kappa shape index (κ2) is 6.11. The summed E-state index contributed by atoms with van der Waals surface area (Å²) in [4.78, 5) is 11.9. The van der Waals surface area contributed by atoms with Crippen LogP contribution in [0.3, 0.4) is 0 Å². The Kier molecular flexibility index (Phi) is 5.34. The van der Waals surface area contributed by atoms with Crippen molar-refractivity contribution in [3.05, 3.63) is 27.3 Å². The maximum atomic E-state index is 11.9. The molecule has 0 heterocycles. The molecule has 2 N–H and O–H groups in total. The quantitative estimate of drug-likeness (QED) is 0.616. The van der Waals surface area contributed by atoms with Crippen LogP contribution in [0, 0.1) is 3.57 Å². The number of nitrogens with one attached hydrogen (secondary N) is 1. The van der Waals surface area contributed by atoms with Gasteiger partial charge in [-0.25, -0.2) is 0 Å². The summed E-state index contributed by atoms with van der Waals surface area (Å²) in [6, 6.07) is 4.73. The Morgan fingerprint density at radius 3 is 2.53 bits per heavy atom. The first-order valence-corrected chi connectivity index (χ1v) is 6.99. The van der Waals surface area contributed by atoms with E-state index < -0.39 is 5.54 Å². The van der Waals surface area contributed by atoms with E-state index in [0.717, 1.165) is 0 Å². The predicted octanol–water partition coefficient (Wildman–Crippen LogP) is 2.96. The molecule has 0 aliphatic carbocycles. The van der Waals surface area contributed by atoms with Gasteiger partial charge in [-0.15, -0.1) is 23.2 Å². The van der Waals surface area contributed by atoms with Gasteiger partial charge in [0.2, 0.25) is 0 Å². The standard InChI is InChI=1S/C11H12Cl2INO2/c1-11(5-12,6-13)15-10(17)7-2-3-8(14)9(16)4-7/h2-4,16H,5-6H2,1H3,(H,15,17). The molecule has 0 aromatic heterocycles. The van der Waals surface area contributed by atoms with E-state index >= 15 is 0 Å².